The van der Waals surface area contributed by atoms with Crippen LogP contribution in [0.25, 0.3) is 21.3 Å². The smallest absolute Gasteiger partial charge is 0.406 e. The molecule has 0 radical (unpaired) electrons. The Balaban J connectivity index is 1.29. The van der Waals surface area contributed by atoms with Gasteiger partial charge in [0.15, 0.2) is 5.13 Å². The molecule has 0 unspecified atom stereocenters. The molecule has 2 aromatic carbocycles. The van der Waals surface area contributed by atoms with Crippen LogP contribution >= 0.6 is 11.3 Å². The summed E-state index contributed by atoms with van der Waals surface area (Å²) in [6.45, 7) is 0.291. The maximum absolute atomic E-state index is 12.7. The number of aryl methyl sites for hydroxylation is 1. The van der Waals surface area contributed by atoms with Crippen molar-refractivity contribution in [3.8, 4) is 5.75 Å². The maximum atomic E-state index is 12.7. The minimum absolute atomic E-state index is 0.100. The molecule has 5 rings (SSSR count). The van der Waals surface area contributed by atoms with Gasteiger partial charge in [-0.3, -0.25) is 9.59 Å². The number of hydrogen-bond acceptors (Lipinski definition) is 8. The minimum atomic E-state index is -4.78. The fraction of sp³-hybridized carbons (Fsp3) is 0.333. The largest absolute Gasteiger partial charge is 0.573 e. The number of benzene rings is 2. The van der Waals surface area contributed by atoms with Gasteiger partial charge in [0.2, 0.25) is 11.9 Å². The van der Waals surface area contributed by atoms with E-state index in [1.807, 2.05) is 0 Å². The number of aliphatic hydroxyl groups is 1. The summed E-state index contributed by atoms with van der Waals surface area (Å²) in [4.78, 5) is 35.6. The Morgan fingerprint density at radius 2 is 2.00 bits per heavy atom. The predicted molar refractivity (Wildman–Crippen MR) is 134 cm³/mol. The van der Waals surface area contributed by atoms with Crippen LogP contribution < -0.4 is 15.4 Å². The zero-order valence-electron chi connectivity index (χ0n) is 20.1. The molecule has 0 bridgehead atoms. The molecular formula is C24H23F3N6O4S. The van der Waals surface area contributed by atoms with E-state index < -0.39 is 12.3 Å². The number of nitrogens with one attached hydrogen (secondary N) is 2. The number of rotatable bonds is 7. The summed E-state index contributed by atoms with van der Waals surface area (Å²) in [7, 11) is 1.77. The van der Waals surface area contributed by atoms with E-state index in [1.165, 1.54) is 18.2 Å². The van der Waals surface area contributed by atoms with Gasteiger partial charge in [0.1, 0.15) is 5.75 Å². The molecule has 14 heteroatoms. The molecule has 4 aromatic rings. The summed E-state index contributed by atoms with van der Waals surface area (Å²) < 4.78 is 43.8. The Morgan fingerprint density at radius 3 is 2.76 bits per heavy atom. The topological polar surface area (TPSA) is 122 Å². The van der Waals surface area contributed by atoms with Crippen LogP contribution in [-0.4, -0.2) is 68.5 Å². The molecule has 200 valence electrons. The lowest BCUT2D eigenvalue weighted by atomic mass is 10.2. The van der Waals surface area contributed by atoms with Gasteiger partial charge in [0, 0.05) is 25.2 Å². The highest BCUT2D eigenvalue weighted by Gasteiger charge is 2.31. The quantitative estimate of drug-likeness (QED) is 0.323. The van der Waals surface area contributed by atoms with Gasteiger partial charge in [-0.2, -0.15) is 0 Å². The number of nitrogens with zero attached hydrogens (tertiary/aromatic N) is 4. The van der Waals surface area contributed by atoms with Crippen LogP contribution in [0.2, 0.25) is 0 Å². The van der Waals surface area contributed by atoms with E-state index in [-0.39, 0.29) is 30.9 Å². The van der Waals surface area contributed by atoms with E-state index >= 15 is 0 Å². The number of anilines is 2. The minimum Gasteiger partial charge on any atom is -0.406 e. The number of alkyl halides is 3. The Labute approximate surface area is 218 Å². The number of likely N-dealkylation sites (tertiary alicyclic amines) is 1. The van der Waals surface area contributed by atoms with Crippen molar-refractivity contribution < 1.29 is 32.6 Å². The fourth-order valence-electron chi connectivity index (χ4n) is 4.42. The van der Waals surface area contributed by atoms with E-state index in [0.29, 0.717) is 38.9 Å². The molecule has 0 aliphatic carbocycles. The van der Waals surface area contributed by atoms with Crippen molar-refractivity contribution in [1.29, 1.82) is 0 Å². The second-order valence-electron chi connectivity index (χ2n) is 8.77. The van der Waals surface area contributed by atoms with Crippen LogP contribution in [-0.2, 0) is 11.8 Å². The Hall–Kier alpha value is -3.91. The highest BCUT2D eigenvalue weighted by Crippen LogP contribution is 2.33. The molecule has 2 amide bonds. The Bertz CT molecular complexity index is 1520. The average molecular weight is 549 g/mol. The van der Waals surface area contributed by atoms with Gasteiger partial charge >= 0.3 is 6.36 Å². The molecule has 1 aliphatic heterocycles. The van der Waals surface area contributed by atoms with Crippen LogP contribution in [0.15, 0.2) is 36.4 Å². The summed E-state index contributed by atoms with van der Waals surface area (Å²) in [5.41, 5.74) is 2.08. The maximum Gasteiger partial charge on any atom is 0.573 e. The molecule has 1 saturated heterocycles. The number of hydrogen-bond donors (Lipinski definition) is 3. The van der Waals surface area contributed by atoms with Gasteiger partial charge in [-0.1, -0.05) is 11.3 Å². The van der Waals surface area contributed by atoms with Crippen molar-refractivity contribution in [2.75, 3.05) is 25.0 Å². The third-order valence-corrected chi connectivity index (χ3v) is 7.20. The molecule has 38 heavy (non-hydrogen) atoms. The monoisotopic (exact) mass is 548 g/mol. The number of aliphatic hydroxyl groups excluding tert-OH is 1. The van der Waals surface area contributed by atoms with Crippen LogP contribution in [0.1, 0.15) is 23.2 Å². The number of carbonyl (C=O) groups excluding carboxylic acids is 2. The van der Waals surface area contributed by atoms with E-state index in [2.05, 4.69) is 25.3 Å². The van der Waals surface area contributed by atoms with Crippen molar-refractivity contribution >= 4 is 55.5 Å². The third-order valence-electron chi connectivity index (χ3n) is 6.26. The van der Waals surface area contributed by atoms with Gasteiger partial charge in [-0.05, 0) is 43.2 Å². The number of ether oxygens (including phenoxy) is 1. The number of imidazole rings is 1. The molecule has 2 aromatic heterocycles. The molecule has 10 nitrogen and oxygen atoms in total. The predicted octanol–water partition coefficient (Wildman–Crippen LogP) is 3.54. The van der Waals surface area contributed by atoms with E-state index in [1.54, 1.807) is 34.7 Å². The first-order valence-corrected chi connectivity index (χ1v) is 12.5. The lowest BCUT2D eigenvalue weighted by Gasteiger charge is -2.23. The summed E-state index contributed by atoms with van der Waals surface area (Å²) in [5.74, 6) is -0.580. The molecule has 3 heterocycles. The molecule has 1 fully saturated rings. The second-order valence-corrected chi connectivity index (χ2v) is 9.80. The van der Waals surface area contributed by atoms with Crippen molar-refractivity contribution in [1.82, 2.24) is 24.8 Å². The number of fused-ring (bicyclic) bond motifs is 2. The lowest BCUT2D eigenvalue weighted by Crippen LogP contribution is -2.43. The number of amides is 2. The number of carbonyl (C=O) groups is 2. The van der Waals surface area contributed by atoms with Crippen LogP contribution in [0.5, 0.6) is 5.75 Å². The normalized spacial score (nSPS) is 15.8. The number of aromatic nitrogens is 3. The van der Waals surface area contributed by atoms with E-state index in [9.17, 15) is 27.9 Å². The first-order valence-electron chi connectivity index (χ1n) is 11.7. The average Bonchev–Trinajstić information content (AvgIpc) is 3.58. The highest BCUT2D eigenvalue weighted by atomic mass is 32.1. The zero-order valence-corrected chi connectivity index (χ0v) is 20.9. The van der Waals surface area contributed by atoms with E-state index in [0.717, 1.165) is 29.7 Å². The standard InChI is InChI=1S/C24H23F3N6O4S/c1-32-18-7-4-13(21(36)28-11-20(35)33-8-2-3-14(33)12-34)9-17(18)29-22(32)31-23-30-16-6-5-15(10-19(16)38-23)37-24(25,26)27/h4-7,9-10,14,34H,2-3,8,11-12H2,1H3,(H,28,36)(H,29,30,31)/t14-/m0/s1. The van der Waals surface area contributed by atoms with Crippen LogP contribution in [0.3, 0.4) is 0 Å². The van der Waals surface area contributed by atoms with E-state index in [4.69, 9.17) is 0 Å². The highest BCUT2D eigenvalue weighted by molar-refractivity contribution is 7.22. The molecule has 1 aliphatic rings. The van der Waals surface area contributed by atoms with Gasteiger partial charge < -0.3 is 29.9 Å². The van der Waals surface area contributed by atoms with Gasteiger partial charge in [0.25, 0.3) is 5.91 Å². The van der Waals surface area contributed by atoms with Crippen molar-refractivity contribution in [3.05, 3.63) is 42.0 Å². The third kappa shape index (κ3) is 5.36. The summed E-state index contributed by atoms with van der Waals surface area (Å²) >= 11 is 1.14. The summed E-state index contributed by atoms with van der Waals surface area (Å²) in [6.07, 6.45) is -3.22. The Morgan fingerprint density at radius 1 is 1.18 bits per heavy atom. The van der Waals surface area contributed by atoms with Crippen molar-refractivity contribution in [2.45, 2.75) is 25.2 Å². The molecule has 0 spiro atoms. The molecule has 0 saturated carbocycles. The molecule has 1 atom stereocenters. The second kappa shape index (κ2) is 10.1. The van der Waals surface area contributed by atoms with Crippen LogP contribution in [0.4, 0.5) is 24.3 Å². The summed E-state index contributed by atoms with van der Waals surface area (Å²) in [6, 6.07) is 8.66. The lowest BCUT2D eigenvalue weighted by molar-refractivity contribution is -0.274. The number of halogens is 3. The van der Waals surface area contributed by atoms with Crippen molar-refractivity contribution in [2.24, 2.45) is 7.05 Å². The van der Waals surface area contributed by atoms with Crippen LogP contribution in [0, 0.1) is 0 Å². The number of thiazole rings is 1. The van der Waals surface area contributed by atoms with Gasteiger partial charge in [-0.15, -0.1) is 13.2 Å². The molecule has 3 N–H and O–H groups in total. The first-order chi connectivity index (χ1) is 18.1. The van der Waals surface area contributed by atoms with Gasteiger partial charge in [-0.25, -0.2) is 9.97 Å². The summed E-state index contributed by atoms with van der Waals surface area (Å²) in [5, 5.41) is 15.5. The SMILES string of the molecule is Cn1c(Nc2nc3ccc(OC(F)(F)F)cc3s2)nc2cc(C(=O)NCC(=O)N3CCC[C@H]3CO)ccc21. The molecular weight excluding hydrogens is 525 g/mol. The van der Waals surface area contributed by atoms with Crippen molar-refractivity contribution in [3.63, 3.8) is 0 Å². The fourth-order valence-corrected chi connectivity index (χ4v) is 5.31. The first kappa shape index (κ1) is 25.7. The van der Waals surface area contributed by atoms with Gasteiger partial charge in [0.05, 0.1) is 40.4 Å². The zero-order chi connectivity index (χ0) is 27.0. The Kier molecular flexibility index (Phi) is 6.84.